The van der Waals surface area contributed by atoms with E-state index in [1.54, 1.807) is 0 Å². The van der Waals surface area contributed by atoms with E-state index in [-0.39, 0.29) is 0 Å². The first-order chi connectivity index (χ1) is 7.81. The van der Waals surface area contributed by atoms with Gasteiger partial charge in [-0.1, -0.05) is 19.8 Å². The molecule has 1 heterocycles. The Hall–Kier alpha value is -0.610. The lowest BCUT2D eigenvalue weighted by Crippen LogP contribution is -2.28. The van der Waals surface area contributed by atoms with Crippen LogP contribution in [0.2, 0.25) is 0 Å². The number of aromatic nitrogens is 1. The van der Waals surface area contributed by atoms with Crippen molar-refractivity contribution in [2.24, 2.45) is 0 Å². The molecule has 16 heavy (non-hydrogen) atoms. The van der Waals surface area contributed by atoms with E-state index in [9.17, 15) is 0 Å². The summed E-state index contributed by atoms with van der Waals surface area (Å²) in [6.07, 6.45) is 7.43. The lowest BCUT2D eigenvalue weighted by Gasteiger charge is -2.23. The molecule has 4 heteroatoms. The van der Waals surface area contributed by atoms with Crippen molar-refractivity contribution in [2.75, 3.05) is 18.5 Å². The third-order valence-electron chi connectivity index (χ3n) is 3.26. The van der Waals surface area contributed by atoms with Gasteiger partial charge in [0, 0.05) is 30.7 Å². The van der Waals surface area contributed by atoms with Gasteiger partial charge in [0.15, 0.2) is 5.13 Å². The smallest absolute Gasteiger partial charge is 0.185 e. The van der Waals surface area contributed by atoms with E-state index in [1.807, 2.05) is 17.5 Å². The quantitative estimate of drug-likeness (QED) is 0.856. The largest absolute Gasteiger partial charge is 0.348 e. The summed E-state index contributed by atoms with van der Waals surface area (Å²) in [4.78, 5) is 8.22. The molecule has 0 saturated heterocycles. The van der Waals surface area contributed by atoms with Crippen LogP contribution in [0.1, 0.15) is 37.5 Å². The van der Waals surface area contributed by atoms with E-state index >= 15 is 0 Å². The molecule has 1 saturated carbocycles. The SMILES string of the molecule is CCNCc1cnc(N(C)C2CCCC2)s1. The summed E-state index contributed by atoms with van der Waals surface area (Å²) in [7, 11) is 2.19. The topological polar surface area (TPSA) is 28.2 Å². The van der Waals surface area contributed by atoms with E-state index in [1.165, 1.54) is 35.7 Å². The second-order valence-electron chi connectivity index (χ2n) is 4.44. The molecule has 0 spiro atoms. The zero-order valence-electron chi connectivity index (χ0n) is 10.2. The Balaban J connectivity index is 1.94. The number of hydrogen-bond donors (Lipinski definition) is 1. The molecule has 0 aliphatic heterocycles. The summed E-state index contributed by atoms with van der Waals surface area (Å²) in [5.41, 5.74) is 0. The summed E-state index contributed by atoms with van der Waals surface area (Å²) >= 11 is 1.82. The molecule has 1 aliphatic rings. The van der Waals surface area contributed by atoms with Crippen LogP contribution in [0.4, 0.5) is 5.13 Å². The predicted octanol–water partition coefficient (Wildman–Crippen LogP) is 2.63. The van der Waals surface area contributed by atoms with Gasteiger partial charge in [0.2, 0.25) is 0 Å². The van der Waals surface area contributed by atoms with Crippen molar-refractivity contribution in [2.45, 2.75) is 45.2 Å². The zero-order valence-corrected chi connectivity index (χ0v) is 11.0. The summed E-state index contributed by atoms with van der Waals surface area (Å²) in [6, 6.07) is 0.720. The maximum atomic E-state index is 4.52. The van der Waals surface area contributed by atoms with E-state index in [0.717, 1.165) is 19.1 Å². The molecule has 0 amide bonds. The lowest BCUT2D eigenvalue weighted by atomic mass is 10.2. The molecular formula is C12H21N3S. The number of nitrogens with zero attached hydrogens (tertiary/aromatic N) is 2. The van der Waals surface area contributed by atoms with Gasteiger partial charge >= 0.3 is 0 Å². The van der Waals surface area contributed by atoms with Crippen molar-refractivity contribution in [1.29, 1.82) is 0 Å². The van der Waals surface area contributed by atoms with Crippen molar-refractivity contribution in [3.63, 3.8) is 0 Å². The average Bonchev–Trinajstić information content (AvgIpc) is 2.96. The molecule has 0 bridgehead atoms. The molecule has 1 fully saturated rings. The fraction of sp³-hybridized carbons (Fsp3) is 0.750. The summed E-state index contributed by atoms with van der Waals surface area (Å²) in [5.74, 6) is 0. The second-order valence-corrected chi connectivity index (χ2v) is 5.53. The minimum Gasteiger partial charge on any atom is -0.348 e. The number of anilines is 1. The van der Waals surface area contributed by atoms with Crippen LogP contribution in [0.5, 0.6) is 0 Å². The molecule has 0 unspecified atom stereocenters. The third-order valence-corrected chi connectivity index (χ3v) is 4.35. The molecule has 0 atom stereocenters. The zero-order chi connectivity index (χ0) is 11.4. The first kappa shape index (κ1) is 11.9. The molecule has 1 N–H and O–H groups in total. The normalized spacial score (nSPS) is 16.9. The van der Waals surface area contributed by atoms with Crippen molar-refractivity contribution < 1.29 is 0 Å². The number of rotatable bonds is 5. The van der Waals surface area contributed by atoms with Gasteiger partial charge in [0.05, 0.1) is 0 Å². The molecule has 2 rings (SSSR count). The van der Waals surface area contributed by atoms with Crippen LogP contribution in [0, 0.1) is 0 Å². The summed E-state index contributed by atoms with van der Waals surface area (Å²) in [6.45, 7) is 4.10. The van der Waals surface area contributed by atoms with Gasteiger partial charge in [0.25, 0.3) is 0 Å². The van der Waals surface area contributed by atoms with Crippen molar-refractivity contribution >= 4 is 16.5 Å². The molecule has 0 radical (unpaired) electrons. The van der Waals surface area contributed by atoms with Gasteiger partial charge in [-0.05, 0) is 19.4 Å². The van der Waals surface area contributed by atoms with Gasteiger partial charge in [-0.15, -0.1) is 11.3 Å². The maximum absolute atomic E-state index is 4.52. The van der Waals surface area contributed by atoms with Crippen LogP contribution in [0.25, 0.3) is 0 Å². The molecule has 3 nitrogen and oxygen atoms in total. The van der Waals surface area contributed by atoms with Crippen LogP contribution in [-0.2, 0) is 6.54 Å². The second kappa shape index (κ2) is 5.64. The highest BCUT2D eigenvalue weighted by Crippen LogP contribution is 2.29. The van der Waals surface area contributed by atoms with Gasteiger partial charge in [-0.25, -0.2) is 4.98 Å². The van der Waals surface area contributed by atoms with Gasteiger partial charge in [-0.3, -0.25) is 0 Å². The first-order valence-electron chi connectivity index (χ1n) is 6.19. The van der Waals surface area contributed by atoms with Crippen LogP contribution >= 0.6 is 11.3 Å². The molecular weight excluding hydrogens is 218 g/mol. The maximum Gasteiger partial charge on any atom is 0.185 e. The van der Waals surface area contributed by atoms with Crippen LogP contribution < -0.4 is 10.2 Å². The van der Waals surface area contributed by atoms with E-state index in [2.05, 4.69) is 29.2 Å². The van der Waals surface area contributed by atoms with Crippen LogP contribution in [0.15, 0.2) is 6.20 Å². The Morgan fingerprint density at radius 1 is 1.50 bits per heavy atom. The molecule has 1 aromatic rings. The third kappa shape index (κ3) is 2.74. The number of nitrogens with one attached hydrogen (secondary N) is 1. The number of thiazole rings is 1. The Morgan fingerprint density at radius 2 is 2.25 bits per heavy atom. The van der Waals surface area contributed by atoms with Gasteiger partial charge in [0.1, 0.15) is 0 Å². The van der Waals surface area contributed by atoms with E-state index < -0.39 is 0 Å². The standard InChI is InChI=1S/C12H21N3S/c1-3-13-8-11-9-14-12(16-11)15(2)10-6-4-5-7-10/h9-10,13H,3-8H2,1-2H3. The fourth-order valence-electron chi connectivity index (χ4n) is 2.24. The monoisotopic (exact) mass is 239 g/mol. The highest BCUT2D eigenvalue weighted by Gasteiger charge is 2.21. The van der Waals surface area contributed by atoms with E-state index in [0.29, 0.717) is 0 Å². The van der Waals surface area contributed by atoms with Crippen LogP contribution in [0.3, 0.4) is 0 Å². The minimum absolute atomic E-state index is 0.720. The average molecular weight is 239 g/mol. The van der Waals surface area contributed by atoms with Gasteiger partial charge in [-0.2, -0.15) is 0 Å². The Bertz CT molecular complexity index is 318. The lowest BCUT2D eigenvalue weighted by molar-refractivity contribution is 0.651. The summed E-state index contributed by atoms with van der Waals surface area (Å²) in [5, 5.41) is 4.52. The van der Waals surface area contributed by atoms with E-state index in [4.69, 9.17) is 0 Å². The Kier molecular flexibility index (Phi) is 4.18. The van der Waals surface area contributed by atoms with Crippen molar-refractivity contribution in [3.05, 3.63) is 11.1 Å². The van der Waals surface area contributed by atoms with Crippen molar-refractivity contribution in [1.82, 2.24) is 10.3 Å². The van der Waals surface area contributed by atoms with Crippen LogP contribution in [-0.4, -0.2) is 24.6 Å². The Labute approximate surface area is 102 Å². The first-order valence-corrected chi connectivity index (χ1v) is 7.01. The fourth-order valence-corrected chi connectivity index (χ4v) is 3.15. The molecule has 1 aromatic heterocycles. The minimum atomic E-state index is 0.720. The molecule has 1 aliphatic carbocycles. The predicted molar refractivity (Wildman–Crippen MR) is 70.2 cm³/mol. The highest BCUT2D eigenvalue weighted by molar-refractivity contribution is 7.15. The molecule has 90 valence electrons. The number of hydrogen-bond acceptors (Lipinski definition) is 4. The Morgan fingerprint density at radius 3 is 2.94 bits per heavy atom. The van der Waals surface area contributed by atoms with Crippen molar-refractivity contribution in [3.8, 4) is 0 Å². The van der Waals surface area contributed by atoms with Gasteiger partial charge < -0.3 is 10.2 Å². The summed E-state index contributed by atoms with van der Waals surface area (Å²) < 4.78 is 0. The highest BCUT2D eigenvalue weighted by atomic mass is 32.1. The molecule has 0 aromatic carbocycles.